The summed E-state index contributed by atoms with van der Waals surface area (Å²) >= 11 is 0. The molecule has 1 fully saturated rings. The van der Waals surface area contributed by atoms with Crippen LogP contribution in [0.25, 0.3) is 0 Å². The van der Waals surface area contributed by atoms with Gasteiger partial charge in [-0.25, -0.2) is 0 Å². The molecule has 0 atom stereocenters. The Balaban J connectivity index is 1.93. The second-order valence-corrected chi connectivity index (χ2v) is 7.63. The van der Waals surface area contributed by atoms with E-state index in [4.69, 9.17) is 9.31 Å². The van der Waals surface area contributed by atoms with E-state index >= 15 is 0 Å². The summed E-state index contributed by atoms with van der Waals surface area (Å²) in [5.74, 6) is 0. The van der Waals surface area contributed by atoms with Crippen molar-refractivity contribution >= 4 is 7.12 Å². The van der Waals surface area contributed by atoms with Crippen molar-refractivity contribution in [2.75, 3.05) is 0 Å². The van der Waals surface area contributed by atoms with Gasteiger partial charge in [0.1, 0.15) is 11.2 Å². The van der Waals surface area contributed by atoms with Crippen LogP contribution in [0.4, 0.5) is 0 Å². The highest BCUT2D eigenvalue weighted by Crippen LogP contribution is 2.58. The van der Waals surface area contributed by atoms with Crippen LogP contribution in [0.15, 0.2) is 121 Å². The first-order valence-corrected chi connectivity index (χ1v) is 10.3. The fourth-order valence-corrected chi connectivity index (χ4v) is 4.80. The van der Waals surface area contributed by atoms with Gasteiger partial charge >= 0.3 is 7.12 Å². The normalized spacial score (nSPS) is 17.0. The molecule has 2 nitrogen and oxygen atoms in total. The van der Waals surface area contributed by atoms with Crippen molar-refractivity contribution in [2.45, 2.75) is 18.0 Å². The summed E-state index contributed by atoms with van der Waals surface area (Å²) in [6.45, 7) is 1.98. The predicted molar refractivity (Wildman–Crippen MR) is 121 cm³/mol. The van der Waals surface area contributed by atoms with Gasteiger partial charge in [-0.1, -0.05) is 121 Å². The summed E-state index contributed by atoms with van der Waals surface area (Å²) in [7, 11) is -0.397. The smallest absolute Gasteiger partial charge is 0.394 e. The Bertz CT molecular complexity index is 929. The Labute approximate surface area is 178 Å². The van der Waals surface area contributed by atoms with Gasteiger partial charge < -0.3 is 9.31 Å². The van der Waals surface area contributed by atoms with Crippen molar-refractivity contribution in [2.24, 2.45) is 0 Å². The Morgan fingerprint density at radius 3 is 0.900 bits per heavy atom. The van der Waals surface area contributed by atoms with Crippen molar-refractivity contribution in [3.8, 4) is 0 Å². The minimum absolute atomic E-state index is 0.397. The van der Waals surface area contributed by atoms with Crippen LogP contribution in [-0.4, -0.2) is 7.12 Å². The lowest BCUT2D eigenvalue weighted by atomic mass is 9.66. The molecule has 0 spiro atoms. The van der Waals surface area contributed by atoms with Crippen LogP contribution >= 0.6 is 0 Å². The van der Waals surface area contributed by atoms with Crippen LogP contribution < -0.4 is 0 Å². The molecule has 1 heterocycles. The molecule has 1 aliphatic heterocycles. The Kier molecular flexibility index (Phi) is 4.78. The highest BCUT2D eigenvalue weighted by molar-refractivity contribution is 6.43. The zero-order valence-electron chi connectivity index (χ0n) is 16.9. The third-order valence-corrected chi connectivity index (χ3v) is 5.90. The standard InChI is InChI=1S/C27H23BO2/c1-28-29-26(22-14-6-2-7-15-22,23-16-8-3-9-17-23)27(30-28,24-18-10-4-11-19-24)25-20-12-5-13-21-25/h2-21H,1H3. The fraction of sp³-hybridized carbons (Fsp3) is 0.111. The van der Waals surface area contributed by atoms with E-state index in [0.717, 1.165) is 22.3 Å². The molecule has 0 amide bonds. The van der Waals surface area contributed by atoms with E-state index in [1.54, 1.807) is 0 Å². The molecule has 4 aromatic rings. The molecule has 0 N–H and O–H groups in total. The van der Waals surface area contributed by atoms with E-state index in [-0.39, 0.29) is 0 Å². The summed E-state index contributed by atoms with van der Waals surface area (Å²) in [6, 6.07) is 41.7. The van der Waals surface area contributed by atoms with Gasteiger partial charge in [-0.3, -0.25) is 0 Å². The zero-order valence-corrected chi connectivity index (χ0v) is 16.9. The monoisotopic (exact) mass is 390 g/mol. The van der Waals surface area contributed by atoms with Crippen molar-refractivity contribution < 1.29 is 9.31 Å². The predicted octanol–water partition coefficient (Wildman–Crippen LogP) is 6.04. The first kappa shape index (κ1) is 18.9. The van der Waals surface area contributed by atoms with E-state index in [9.17, 15) is 0 Å². The van der Waals surface area contributed by atoms with Gasteiger partial charge in [-0.05, 0) is 29.1 Å². The molecule has 0 bridgehead atoms. The minimum Gasteiger partial charge on any atom is -0.394 e. The number of hydrogen-bond donors (Lipinski definition) is 0. The maximum absolute atomic E-state index is 6.82. The molecule has 0 radical (unpaired) electrons. The van der Waals surface area contributed by atoms with Crippen LogP contribution in [0.1, 0.15) is 22.3 Å². The van der Waals surface area contributed by atoms with Crippen molar-refractivity contribution in [1.82, 2.24) is 0 Å². The van der Waals surface area contributed by atoms with Gasteiger partial charge in [0.2, 0.25) is 0 Å². The maximum Gasteiger partial charge on any atom is 0.455 e. The first-order chi connectivity index (χ1) is 14.8. The summed E-state index contributed by atoms with van der Waals surface area (Å²) < 4.78 is 13.6. The van der Waals surface area contributed by atoms with Gasteiger partial charge in [0.25, 0.3) is 0 Å². The molecule has 1 aliphatic rings. The number of rotatable bonds is 4. The Morgan fingerprint density at radius 2 is 0.667 bits per heavy atom. The van der Waals surface area contributed by atoms with Crippen LogP contribution in [0.3, 0.4) is 0 Å². The SMILES string of the molecule is CB1OC(c2ccccc2)(c2ccccc2)C(c2ccccc2)(c2ccccc2)O1. The maximum atomic E-state index is 6.82. The van der Waals surface area contributed by atoms with Crippen molar-refractivity contribution in [3.05, 3.63) is 144 Å². The van der Waals surface area contributed by atoms with Crippen molar-refractivity contribution in [1.29, 1.82) is 0 Å². The van der Waals surface area contributed by atoms with Crippen molar-refractivity contribution in [3.63, 3.8) is 0 Å². The second kappa shape index (κ2) is 7.60. The van der Waals surface area contributed by atoms with E-state index < -0.39 is 18.3 Å². The topological polar surface area (TPSA) is 18.5 Å². The largest absolute Gasteiger partial charge is 0.455 e. The minimum atomic E-state index is -0.850. The average molecular weight is 390 g/mol. The summed E-state index contributed by atoms with van der Waals surface area (Å²) in [5.41, 5.74) is 2.55. The van der Waals surface area contributed by atoms with Gasteiger partial charge in [0.15, 0.2) is 0 Å². The van der Waals surface area contributed by atoms with E-state index in [2.05, 4.69) is 97.1 Å². The lowest BCUT2D eigenvalue weighted by Crippen LogP contribution is -2.48. The van der Waals surface area contributed by atoms with Crippen LogP contribution in [0.5, 0.6) is 0 Å². The zero-order chi connectivity index (χ0) is 20.4. The highest BCUT2D eigenvalue weighted by atomic mass is 16.7. The molecule has 0 unspecified atom stereocenters. The Hall–Kier alpha value is -3.14. The third-order valence-electron chi connectivity index (χ3n) is 5.90. The average Bonchev–Trinajstić information content (AvgIpc) is 3.16. The molecule has 146 valence electrons. The molecule has 30 heavy (non-hydrogen) atoms. The fourth-order valence-electron chi connectivity index (χ4n) is 4.80. The summed E-state index contributed by atoms with van der Waals surface area (Å²) in [6.07, 6.45) is 0. The molecular weight excluding hydrogens is 367 g/mol. The van der Waals surface area contributed by atoms with E-state index in [0.29, 0.717) is 0 Å². The van der Waals surface area contributed by atoms with E-state index in [1.807, 2.05) is 31.1 Å². The quantitative estimate of drug-likeness (QED) is 0.396. The lowest BCUT2D eigenvalue weighted by molar-refractivity contribution is 0.00370. The highest BCUT2D eigenvalue weighted by Gasteiger charge is 2.64. The molecule has 5 rings (SSSR count). The van der Waals surface area contributed by atoms with Gasteiger partial charge in [0, 0.05) is 0 Å². The molecule has 0 aliphatic carbocycles. The molecule has 4 aromatic carbocycles. The summed E-state index contributed by atoms with van der Waals surface area (Å²) in [4.78, 5) is 0. The summed E-state index contributed by atoms with van der Waals surface area (Å²) in [5, 5.41) is 0. The molecule has 0 aromatic heterocycles. The van der Waals surface area contributed by atoms with Gasteiger partial charge in [-0.2, -0.15) is 0 Å². The molecule has 3 heteroatoms. The molecular formula is C27H23BO2. The van der Waals surface area contributed by atoms with Gasteiger partial charge in [-0.15, -0.1) is 0 Å². The number of benzene rings is 4. The Morgan fingerprint density at radius 1 is 0.433 bits per heavy atom. The molecule has 1 saturated heterocycles. The molecule has 0 saturated carbocycles. The second-order valence-electron chi connectivity index (χ2n) is 7.63. The lowest BCUT2D eigenvalue weighted by Gasteiger charge is -2.46. The number of hydrogen-bond acceptors (Lipinski definition) is 2. The van der Waals surface area contributed by atoms with E-state index in [1.165, 1.54) is 0 Å². The first-order valence-electron chi connectivity index (χ1n) is 10.3. The van der Waals surface area contributed by atoms with Crippen LogP contribution in [-0.2, 0) is 20.5 Å². The van der Waals surface area contributed by atoms with Gasteiger partial charge in [0.05, 0.1) is 0 Å². The third kappa shape index (κ3) is 2.74. The van der Waals surface area contributed by atoms with Crippen LogP contribution in [0.2, 0.25) is 6.82 Å². The van der Waals surface area contributed by atoms with Crippen LogP contribution in [0, 0.1) is 0 Å².